The van der Waals surface area contributed by atoms with Crippen LogP contribution in [-0.4, -0.2) is 80.7 Å². The van der Waals surface area contributed by atoms with Gasteiger partial charge in [0, 0.05) is 13.1 Å². The number of rotatable bonds is 10. The van der Waals surface area contributed by atoms with E-state index in [2.05, 4.69) is 32.5 Å². The summed E-state index contributed by atoms with van der Waals surface area (Å²) in [6.45, 7) is 4.03. The van der Waals surface area contributed by atoms with Gasteiger partial charge in [0.15, 0.2) is 5.82 Å². The van der Waals surface area contributed by atoms with Gasteiger partial charge in [-0.2, -0.15) is 4.98 Å². The lowest BCUT2D eigenvalue weighted by atomic mass is 10.1. The summed E-state index contributed by atoms with van der Waals surface area (Å²) >= 11 is 0. The summed E-state index contributed by atoms with van der Waals surface area (Å²) in [6.07, 6.45) is 2.70. The third-order valence-corrected chi connectivity index (χ3v) is 6.72. The molecule has 4 heterocycles. The number of nitrogens with one attached hydrogen (secondary N) is 1. The van der Waals surface area contributed by atoms with E-state index in [1.54, 1.807) is 24.3 Å². The summed E-state index contributed by atoms with van der Waals surface area (Å²) in [6, 6.07) is 4.58. The Hall–Kier alpha value is -3.71. The highest BCUT2D eigenvalue weighted by Crippen LogP contribution is 2.36. The van der Waals surface area contributed by atoms with E-state index in [0.29, 0.717) is 42.4 Å². The lowest BCUT2D eigenvalue weighted by Gasteiger charge is -2.31. The fourth-order valence-corrected chi connectivity index (χ4v) is 4.71. The molecule has 1 aliphatic rings. The Morgan fingerprint density at radius 1 is 1.34 bits per heavy atom. The molecule has 5 rings (SSSR count). The molecule has 0 bridgehead atoms. The van der Waals surface area contributed by atoms with Gasteiger partial charge in [-0.1, -0.05) is 17.4 Å². The van der Waals surface area contributed by atoms with Gasteiger partial charge < -0.3 is 9.64 Å². The van der Waals surface area contributed by atoms with Crippen molar-refractivity contribution in [2.45, 2.75) is 37.6 Å². The highest BCUT2D eigenvalue weighted by molar-refractivity contribution is 5.89. The van der Waals surface area contributed by atoms with Crippen molar-refractivity contribution in [2.75, 3.05) is 39.4 Å². The van der Waals surface area contributed by atoms with Crippen LogP contribution in [0.15, 0.2) is 37.1 Å². The average Bonchev–Trinajstić information content (AvgIpc) is 3.48. The first-order valence-corrected chi connectivity index (χ1v) is 12.3. The molecule has 13 heteroatoms. The number of piperidine rings is 1. The third-order valence-electron chi connectivity index (χ3n) is 6.72. The maximum Gasteiger partial charge on any atom is 0.268 e. The molecule has 0 aliphatic carbocycles. The van der Waals surface area contributed by atoms with Crippen molar-refractivity contribution in [3.05, 3.63) is 42.9 Å². The van der Waals surface area contributed by atoms with Gasteiger partial charge in [0.25, 0.3) is 5.95 Å². The Bertz CT molecular complexity index is 1440. The molecule has 38 heavy (non-hydrogen) atoms. The number of allylic oxidation sites excluding steroid dienone is 1. The highest BCUT2D eigenvalue weighted by Gasteiger charge is 2.29. The minimum absolute atomic E-state index is 0.00670. The molecule has 1 N–H and O–H groups in total. The molecule has 202 valence electrons. The van der Waals surface area contributed by atoms with Gasteiger partial charge in [-0.25, -0.2) is 27.8 Å². The van der Waals surface area contributed by atoms with Gasteiger partial charge in [-0.05, 0) is 44.0 Å². The Kier molecular flexibility index (Phi) is 7.47. The largest absolute Gasteiger partial charge is 0.479 e. The zero-order valence-electron chi connectivity index (χ0n) is 21.1. The summed E-state index contributed by atoms with van der Waals surface area (Å²) in [5.41, 5.74) is 4.69. The number of alkyl halides is 2. The molecular weight excluding hydrogens is 501 g/mol. The first-order valence-electron chi connectivity index (χ1n) is 12.3. The number of ether oxygens (including phenoxy) is 1. The minimum Gasteiger partial charge on any atom is -0.479 e. The number of methoxy groups -OCH3 is 1. The maximum absolute atomic E-state index is 15.4. The number of aromatic nitrogens is 6. The van der Waals surface area contributed by atoms with E-state index in [0.717, 1.165) is 0 Å². The van der Waals surface area contributed by atoms with E-state index >= 15 is 4.39 Å². The van der Waals surface area contributed by atoms with Gasteiger partial charge >= 0.3 is 0 Å². The number of halogens is 3. The quantitative estimate of drug-likeness (QED) is 0.241. The van der Waals surface area contributed by atoms with E-state index in [1.165, 1.54) is 22.5 Å². The normalized spacial score (nSPS) is 19.2. The second kappa shape index (κ2) is 11.0. The maximum atomic E-state index is 15.4. The predicted molar refractivity (Wildman–Crippen MR) is 136 cm³/mol. The average molecular weight is 531 g/mol. The molecule has 10 nitrogen and oxygen atoms in total. The van der Waals surface area contributed by atoms with Crippen LogP contribution in [-0.2, 0) is 4.84 Å². The molecule has 1 aliphatic heterocycles. The monoisotopic (exact) mass is 530 g/mol. The van der Waals surface area contributed by atoms with E-state index < -0.39 is 30.8 Å². The van der Waals surface area contributed by atoms with Crippen molar-refractivity contribution in [3.8, 4) is 17.0 Å². The Labute approximate surface area is 217 Å². The summed E-state index contributed by atoms with van der Waals surface area (Å²) in [5.74, 6) is -0.487. The number of nitrogens with zero attached hydrogens (tertiary/aromatic N) is 7. The number of fused-ring (bicyclic) bond motifs is 2. The molecule has 0 amide bonds. The van der Waals surface area contributed by atoms with E-state index in [4.69, 9.17) is 9.57 Å². The number of hydrogen-bond acceptors (Lipinski definition) is 8. The Morgan fingerprint density at radius 2 is 2.18 bits per heavy atom. The molecule has 1 saturated heterocycles. The van der Waals surface area contributed by atoms with Crippen LogP contribution < -0.4 is 10.2 Å². The van der Waals surface area contributed by atoms with Crippen LogP contribution in [0.1, 0.15) is 25.3 Å². The molecule has 0 saturated carbocycles. The molecular formula is C25H29F3N8O2. The van der Waals surface area contributed by atoms with Gasteiger partial charge in [0.05, 0.1) is 30.4 Å². The van der Waals surface area contributed by atoms with E-state index in [9.17, 15) is 8.78 Å². The lowest BCUT2D eigenvalue weighted by molar-refractivity contribution is -0.0179. The Morgan fingerprint density at radius 3 is 2.92 bits per heavy atom. The number of hydrogen-bond donors (Lipinski definition) is 1. The fourth-order valence-electron chi connectivity index (χ4n) is 4.71. The topological polar surface area (TPSA) is 94.6 Å². The molecule has 3 aromatic heterocycles. The fraction of sp³-hybridized carbons (Fsp3) is 0.440. The zero-order valence-corrected chi connectivity index (χ0v) is 21.1. The zero-order chi connectivity index (χ0) is 26.8. The Balaban J connectivity index is 1.49. The lowest BCUT2D eigenvalue weighted by Crippen LogP contribution is -2.44. The molecule has 1 unspecified atom stereocenters. The van der Waals surface area contributed by atoms with E-state index in [-0.39, 0.29) is 29.5 Å². The molecule has 4 aromatic rings. The molecule has 0 radical (unpaired) electrons. The first-order chi connectivity index (χ1) is 18.4. The second-order valence-corrected chi connectivity index (χ2v) is 9.33. The van der Waals surface area contributed by atoms with Gasteiger partial charge in [-0.15, -0.1) is 16.8 Å². The third kappa shape index (κ3) is 4.90. The van der Waals surface area contributed by atoms with Crippen LogP contribution in [0.4, 0.5) is 19.1 Å². The van der Waals surface area contributed by atoms with Crippen LogP contribution in [0.2, 0.25) is 0 Å². The molecule has 0 spiro atoms. The van der Waals surface area contributed by atoms with E-state index in [1.807, 2.05) is 11.9 Å². The van der Waals surface area contributed by atoms with Gasteiger partial charge in [0.1, 0.15) is 30.0 Å². The first kappa shape index (κ1) is 25.9. The van der Waals surface area contributed by atoms with Crippen molar-refractivity contribution >= 4 is 22.5 Å². The van der Waals surface area contributed by atoms with Crippen LogP contribution >= 0.6 is 0 Å². The number of benzene rings is 1. The SMILES string of the molecule is C=CCCC(CF)n1nnc2ccc(-c3c(F)cn4nc(NO[C@@H]5CCN(C)C[C@@H]5F)nc(OC)c34)cc21. The molecule has 1 aromatic carbocycles. The van der Waals surface area contributed by atoms with Crippen molar-refractivity contribution in [3.63, 3.8) is 0 Å². The second-order valence-electron chi connectivity index (χ2n) is 9.33. The smallest absolute Gasteiger partial charge is 0.268 e. The highest BCUT2D eigenvalue weighted by atomic mass is 19.1. The minimum atomic E-state index is -1.17. The van der Waals surface area contributed by atoms with Crippen molar-refractivity contribution in [2.24, 2.45) is 0 Å². The van der Waals surface area contributed by atoms with Crippen molar-refractivity contribution in [1.82, 2.24) is 34.5 Å². The molecule has 1 fully saturated rings. The summed E-state index contributed by atoms with van der Waals surface area (Å²) in [5, 5.41) is 12.6. The van der Waals surface area contributed by atoms with Gasteiger partial charge in [-0.3, -0.25) is 4.84 Å². The number of likely N-dealkylation sites (tertiary alicyclic amines) is 1. The van der Waals surface area contributed by atoms with Crippen molar-refractivity contribution < 1.29 is 22.7 Å². The molecule has 3 atom stereocenters. The summed E-state index contributed by atoms with van der Waals surface area (Å²) < 4.78 is 51.8. The summed E-state index contributed by atoms with van der Waals surface area (Å²) in [4.78, 5) is 11.7. The van der Waals surface area contributed by atoms with Crippen LogP contribution in [0.3, 0.4) is 0 Å². The van der Waals surface area contributed by atoms with Gasteiger partial charge in [0.2, 0.25) is 5.88 Å². The standard InChI is InChI=1S/C25H29F3N8O2/c1-4-5-6-16(12-26)36-20-11-15(7-8-19(20)30-33-36)22-18(28)14-35-23(22)24(37-3)29-25(31-35)32-38-21-9-10-34(2)13-17(21)27/h4,7-8,11,14,16-17,21H,1,5-6,9-10,12-13H2,2-3H3,(H,31,32)/t16?,17-,21+/m0/s1. The van der Waals surface area contributed by atoms with Crippen LogP contribution in [0.5, 0.6) is 5.88 Å². The number of anilines is 1. The van der Waals surface area contributed by atoms with Crippen molar-refractivity contribution in [1.29, 1.82) is 0 Å². The van der Waals surface area contributed by atoms with Crippen LogP contribution in [0, 0.1) is 5.82 Å². The predicted octanol–water partition coefficient (Wildman–Crippen LogP) is 4.15. The van der Waals surface area contributed by atoms with Crippen LogP contribution in [0.25, 0.3) is 27.7 Å². The summed E-state index contributed by atoms with van der Waals surface area (Å²) in [7, 11) is 3.25.